The second kappa shape index (κ2) is 5.33. The van der Waals surface area contributed by atoms with Gasteiger partial charge >= 0.3 is 0 Å². The van der Waals surface area contributed by atoms with Crippen LogP contribution in [-0.2, 0) is 0 Å². The summed E-state index contributed by atoms with van der Waals surface area (Å²) in [5.74, 6) is 0.127. The van der Waals surface area contributed by atoms with Gasteiger partial charge in [0.1, 0.15) is 0 Å². The average molecular weight is 260 g/mol. The van der Waals surface area contributed by atoms with Crippen LogP contribution >= 0.6 is 0 Å². The number of carbonyl (C=O) groups excluding carboxylic acids is 1. The van der Waals surface area contributed by atoms with Gasteiger partial charge in [0, 0.05) is 29.4 Å². The molecule has 1 heterocycles. The number of hydrogen-bond donors (Lipinski definition) is 1. The Morgan fingerprint density at radius 3 is 2.84 bits per heavy atom. The van der Waals surface area contributed by atoms with Gasteiger partial charge in [-0.05, 0) is 52.8 Å². The van der Waals surface area contributed by atoms with Gasteiger partial charge in [-0.25, -0.2) is 0 Å². The van der Waals surface area contributed by atoms with E-state index >= 15 is 0 Å². The molecule has 1 aromatic rings. The molecule has 19 heavy (non-hydrogen) atoms. The van der Waals surface area contributed by atoms with Crippen molar-refractivity contribution in [2.24, 2.45) is 0 Å². The Kier molecular flexibility index (Phi) is 3.95. The smallest absolute Gasteiger partial charge is 0.159 e. The maximum Gasteiger partial charge on any atom is 0.159 e. The Hall–Kier alpha value is -1.35. The van der Waals surface area contributed by atoms with E-state index in [2.05, 4.69) is 37.1 Å². The molecule has 1 aliphatic rings. The zero-order valence-corrected chi connectivity index (χ0v) is 12.4. The molecule has 3 heteroatoms. The lowest BCUT2D eigenvalue weighted by Crippen LogP contribution is -2.47. The zero-order chi connectivity index (χ0) is 14.0. The first-order valence-corrected chi connectivity index (χ1v) is 7.02. The molecule has 1 saturated heterocycles. The van der Waals surface area contributed by atoms with Gasteiger partial charge in [-0.15, -0.1) is 0 Å². The quantitative estimate of drug-likeness (QED) is 0.830. The van der Waals surface area contributed by atoms with Gasteiger partial charge in [0.2, 0.25) is 0 Å². The molecule has 0 saturated carbocycles. The summed E-state index contributed by atoms with van der Waals surface area (Å²) < 4.78 is 0. The number of benzene rings is 1. The number of nitrogens with one attached hydrogen (secondary N) is 1. The molecule has 0 spiro atoms. The fourth-order valence-electron chi connectivity index (χ4n) is 2.66. The van der Waals surface area contributed by atoms with Crippen LogP contribution in [0.25, 0.3) is 0 Å². The van der Waals surface area contributed by atoms with Crippen LogP contribution in [0.5, 0.6) is 0 Å². The summed E-state index contributed by atoms with van der Waals surface area (Å²) in [7, 11) is 0. The minimum atomic E-state index is 0.0942. The van der Waals surface area contributed by atoms with Crippen molar-refractivity contribution >= 4 is 11.5 Å². The van der Waals surface area contributed by atoms with Crippen LogP contribution in [0, 0.1) is 0 Å². The molecule has 0 aliphatic carbocycles. The van der Waals surface area contributed by atoms with E-state index in [0.717, 1.165) is 30.8 Å². The van der Waals surface area contributed by atoms with Crippen LogP contribution in [0.4, 0.5) is 5.69 Å². The summed E-state index contributed by atoms with van der Waals surface area (Å²) in [4.78, 5) is 13.9. The average Bonchev–Trinajstić information content (AvgIpc) is 2.48. The van der Waals surface area contributed by atoms with E-state index in [1.54, 1.807) is 6.92 Å². The van der Waals surface area contributed by atoms with E-state index in [0.29, 0.717) is 6.04 Å². The van der Waals surface area contributed by atoms with Crippen molar-refractivity contribution in [2.45, 2.75) is 45.7 Å². The molecule has 2 rings (SSSR count). The monoisotopic (exact) mass is 260 g/mol. The SMILES string of the molecule is CC(=O)c1cccc(N2CC(C)(C)NCCC2C)c1. The van der Waals surface area contributed by atoms with Crippen molar-refractivity contribution in [3.8, 4) is 0 Å². The van der Waals surface area contributed by atoms with Crippen LogP contribution < -0.4 is 10.2 Å². The van der Waals surface area contributed by atoms with E-state index in [-0.39, 0.29) is 11.3 Å². The van der Waals surface area contributed by atoms with Crippen molar-refractivity contribution < 1.29 is 4.79 Å². The third kappa shape index (κ3) is 3.35. The van der Waals surface area contributed by atoms with Gasteiger partial charge < -0.3 is 10.2 Å². The van der Waals surface area contributed by atoms with E-state index < -0.39 is 0 Å². The Bertz CT molecular complexity index is 468. The number of ketones is 1. The molecule has 3 nitrogen and oxygen atoms in total. The van der Waals surface area contributed by atoms with Crippen molar-refractivity contribution in [3.63, 3.8) is 0 Å². The Labute approximate surface area is 116 Å². The Morgan fingerprint density at radius 1 is 1.42 bits per heavy atom. The first-order valence-electron chi connectivity index (χ1n) is 7.02. The maximum atomic E-state index is 11.5. The van der Waals surface area contributed by atoms with Crippen LogP contribution in [0.3, 0.4) is 0 Å². The van der Waals surface area contributed by atoms with Gasteiger partial charge in [-0.3, -0.25) is 4.79 Å². The van der Waals surface area contributed by atoms with Crippen LogP contribution in [0.1, 0.15) is 44.5 Å². The largest absolute Gasteiger partial charge is 0.367 e. The summed E-state index contributed by atoms with van der Waals surface area (Å²) in [6.45, 7) is 10.3. The third-order valence-corrected chi connectivity index (χ3v) is 3.85. The van der Waals surface area contributed by atoms with Gasteiger partial charge in [-0.1, -0.05) is 12.1 Å². The third-order valence-electron chi connectivity index (χ3n) is 3.85. The standard InChI is InChI=1S/C16H24N2O/c1-12-8-9-17-16(3,4)11-18(12)15-7-5-6-14(10-15)13(2)19/h5-7,10,12,17H,8-9,11H2,1-4H3. The van der Waals surface area contributed by atoms with E-state index in [1.807, 2.05) is 18.2 Å². The highest BCUT2D eigenvalue weighted by Crippen LogP contribution is 2.24. The molecule has 1 unspecified atom stereocenters. The fourth-order valence-corrected chi connectivity index (χ4v) is 2.66. The van der Waals surface area contributed by atoms with Gasteiger partial charge in [0.15, 0.2) is 5.78 Å². The van der Waals surface area contributed by atoms with Crippen molar-refractivity contribution in [2.75, 3.05) is 18.0 Å². The van der Waals surface area contributed by atoms with Gasteiger partial charge in [0.25, 0.3) is 0 Å². The Morgan fingerprint density at radius 2 is 2.16 bits per heavy atom. The number of Topliss-reactive ketones (excluding diaryl/α,β-unsaturated/α-hetero) is 1. The summed E-state index contributed by atoms with van der Waals surface area (Å²) >= 11 is 0. The number of hydrogen-bond acceptors (Lipinski definition) is 3. The van der Waals surface area contributed by atoms with Crippen molar-refractivity contribution in [3.05, 3.63) is 29.8 Å². The van der Waals surface area contributed by atoms with Crippen molar-refractivity contribution in [1.82, 2.24) is 5.32 Å². The molecular weight excluding hydrogens is 236 g/mol. The maximum absolute atomic E-state index is 11.5. The topological polar surface area (TPSA) is 32.3 Å². The highest BCUT2D eigenvalue weighted by Gasteiger charge is 2.28. The fraction of sp³-hybridized carbons (Fsp3) is 0.562. The molecule has 1 aromatic carbocycles. The summed E-state index contributed by atoms with van der Waals surface area (Å²) in [5, 5.41) is 3.58. The van der Waals surface area contributed by atoms with E-state index in [1.165, 1.54) is 0 Å². The molecular formula is C16H24N2O. The number of anilines is 1. The van der Waals surface area contributed by atoms with E-state index in [4.69, 9.17) is 0 Å². The first-order chi connectivity index (χ1) is 8.89. The molecule has 1 N–H and O–H groups in total. The summed E-state index contributed by atoms with van der Waals surface area (Å²) in [5.41, 5.74) is 2.04. The lowest BCUT2D eigenvalue weighted by Gasteiger charge is -2.35. The molecule has 1 fully saturated rings. The highest BCUT2D eigenvalue weighted by atomic mass is 16.1. The van der Waals surface area contributed by atoms with Gasteiger partial charge in [-0.2, -0.15) is 0 Å². The first kappa shape index (κ1) is 14.1. The predicted molar refractivity (Wildman–Crippen MR) is 80.0 cm³/mol. The molecule has 0 radical (unpaired) electrons. The summed E-state index contributed by atoms with van der Waals surface area (Å²) in [6, 6.07) is 8.46. The number of rotatable bonds is 2. The Balaban J connectivity index is 2.32. The van der Waals surface area contributed by atoms with E-state index in [9.17, 15) is 4.79 Å². The van der Waals surface area contributed by atoms with Crippen LogP contribution in [0.2, 0.25) is 0 Å². The second-order valence-corrected chi connectivity index (χ2v) is 6.18. The van der Waals surface area contributed by atoms with Crippen molar-refractivity contribution in [1.29, 1.82) is 0 Å². The lowest BCUT2D eigenvalue weighted by atomic mass is 10.0. The van der Waals surface area contributed by atoms with Crippen LogP contribution in [0.15, 0.2) is 24.3 Å². The minimum Gasteiger partial charge on any atom is -0.367 e. The number of carbonyl (C=O) groups is 1. The lowest BCUT2D eigenvalue weighted by molar-refractivity contribution is 0.101. The molecule has 0 aromatic heterocycles. The molecule has 1 aliphatic heterocycles. The zero-order valence-electron chi connectivity index (χ0n) is 12.4. The molecule has 104 valence electrons. The molecule has 0 amide bonds. The normalized spacial score (nSPS) is 22.9. The molecule has 1 atom stereocenters. The second-order valence-electron chi connectivity index (χ2n) is 6.18. The predicted octanol–water partition coefficient (Wildman–Crippen LogP) is 2.86. The minimum absolute atomic E-state index is 0.0942. The van der Waals surface area contributed by atoms with Gasteiger partial charge in [0.05, 0.1) is 0 Å². The van der Waals surface area contributed by atoms with Crippen LogP contribution in [-0.4, -0.2) is 30.5 Å². The highest BCUT2D eigenvalue weighted by molar-refractivity contribution is 5.95. The molecule has 0 bridgehead atoms. The summed E-state index contributed by atoms with van der Waals surface area (Å²) in [6.07, 6.45) is 1.12. The number of nitrogens with zero attached hydrogens (tertiary/aromatic N) is 1.